The molecule has 3 aromatic rings. The van der Waals surface area contributed by atoms with Crippen LogP contribution in [0.2, 0.25) is 0 Å². The van der Waals surface area contributed by atoms with Crippen molar-refractivity contribution < 1.29 is 13.2 Å². The fraction of sp³-hybridized carbons (Fsp3) is 0.364. The molecule has 1 aromatic heterocycles. The molecule has 2 aromatic carbocycles. The van der Waals surface area contributed by atoms with Crippen LogP contribution in [0.25, 0.3) is 10.2 Å². The summed E-state index contributed by atoms with van der Waals surface area (Å²) in [5.41, 5.74) is 2.43. The highest BCUT2D eigenvalue weighted by Gasteiger charge is 2.23. The van der Waals surface area contributed by atoms with Crippen LogP contribution in [0.5, 0.6) is 0 Å². The summed E-state index contributed by atoms with van der Waals surface area (Å²) in [4.78, 5) is 21.9. The molecule has 0 fully saturated rings. The quantitative estimate of drug-likeness (QED) is 0.527. The van der Waals surface area contributed by atoms with Crippen molar-refractivity contribution in [2.75, 3.05) is 37.8 Å². The number of sulfone groups is 1. The third kappa shape index (κ3) is 4.88. The summed E-state index contributed by atoms with van der Waals surface area (Å²) in [7, 11) is 0.504. The van der Waals surface area contributed by atoms with Gasteiger partial charge in [-0.2, -0.15) is 0 Å². The maximum atomic E-state index is 13.4. The third-order valence-electron chi connectivity index (χ3n) is 4.92. The van der Waals surface area contributed by atoms with Crippen molar-refractivity contribution in [3.05, 3.63) is 53.6 Å². The van der Waals surface area contributed by atoms with E-state index < -0.39 is 9.84 Å². The highest BCUT2D eigenvalue weighted by Crippen LogP contribution is 2.31. The van der Waals surface area contributed by atoms with Gasteiger partial charge in [0.2, 0.25) is 0 Å². The zero-order chi connectivity index (χ0) is 21.9. The second-order valence-corrected chi connectivity index (χ2v) is 10.6. The molecule has 30 heavy (non-hydrogen) atoms. The van der Waals surface area contributed by atoms with Crippen LogP contribution in [-0.4, -0.2) is 57.1 Å². The van der Waals surface area contributed by atoms with Crippen LogP contribution in [-0.2, 0) is 16.3 Å². The van der Waals surface area contributed by atoms with Crippen LogP contribution in [0.4, 0.5) is 5.13 Å². The first kappa shape index (κ1) is 22.4. The van der Waals surface area contributed by atoms with Crippen molar-refractivity contribution in [1.82, 2.24) is 9.88 Å². The molecule has 3 rings (SSSR count). The van der Waals surface area contributed by atoms with Crippen molar-refractivity contribution in [3.8, 4) is 0 Å². The number of amides is 1. The minimum atomic E-state index is -3.39. The van der Waals surface area contributed by atoms with Gasteiger partial charge < -0.3 is 4.90 Å². The van der Waals surface area contributed by atoms with Crippen molar-refractivity contribution in [1.29, 1.82) is 0 Å². The number of fused-ring (bicyclic) bond motifs is 1. The number of benzene rings is 2. The van der Waals surface area contributed by atoms with Crippen LogP contribution >= 0.6 is 11.3 Å². The van der Waals surface area contributed by atoms with Gasteiger partial charge in [-0.3, -0.25) is 9.69 Å². The second kappa shape index (κ2) is 9.24. The van der Waals surface area contributed by atoms with Crippen LogP contribution in [0.1, 0.15) is 29.8 Å². The minimum absolute atomic E-state index is 0.00732. The van der Waals surface area contributed by atoms with Crippen molar-refractivity contribution in [3.63, 3.8) is 0 Å². The molecule has 0 saturated heterocycles. The number of carbonyl (C=O) groups is 1. The van der Waals surface area contributed by atoms with Crippen molar-refractivity contribution in [2.24, 2.45) is 0 Å². The number of anilines is 1. The van der Waals surface area contributed by atoms with E-state index in [0.717, 1.165) is 16.6 Å². The number of hydrogen-bond donors (Lipinski definition) is 0. The fourth-order valence-electron chi connectivity index (χ4n) is 3.02. The standard InChI is InChI=1S/C22H27N3O3S2/c1-5-16-10-11-19-20(14-16)29-22(23-19)25(13-12-24(3)4)21(26)17-8-7-9-18(15-17)30(27,28)6-2/h7-11,14-15H,5-6,12-13H2,1-4H3. The second-order valence-electron chi connectivity index (χ2n) is 7.34. The number of hydrogen-bond acceptors (Lipinski definition) is 6. The van der Waals surface area contributed by atoms with Gasteiger partial charge in [-0.1, -0.05) is 37.3 Å². The Morgan fingerprint density at radius 1 is 1.07 bits per heavy atom. The van der Waals surface area contributed by atoms with Crippen molar-refractivity contribution >= 4 is 42.4 Å². The van der Waals surface area contributed by atoms with E-state index in [9.17, 15) is 13.2 Å². The first-order chi connectivity index (χ1) is 14.2. The Morgan fingerprint density at radius 3 is 2.50 bits per heavy atom. The predicted molar refractivity (Wildman–Crippen MR) is 123 cm³/mol. The summed E-state index contributed by atoms with van der Waals surface area (Å²) in [5.74, 6) is -0.258. The zero-order valence-electron chi connectivity index (χ0n) is 17.8. The van der Waals surface area contributed by atoms with E-state index in [1.54, 1.807) is 24.0 Å². The molecule has 1 heterocycles. The van der Waals surface area contributed by atoms with Gasteiger partial charge in [-0.15, -0.1) is 0 Å². The Kier molecular flexibility index (Phi) is 6.90. The van der Waals surface area contributed by atoms with E-state index in [1.165, 1.54) is 29.0 Å². The van der Waals surface area contributed by atoms with Gasteiger partial charge >= 0.3 is 0 Å². The number of carbonyl (C=O) groups excluding carboxylic acids is 1. The fourth-order valence-corrected chi connectivity index (χ4v) is 5.00. The van der Waals surface area contributed by atoms with Gasteiger partial charge in [0.25, 0.3) is 5.91 Å². The summed E-state index contributed by atoms with van der Waals surface area (Å²) >= 11 is 1.48. The number of rotatable bonds is 8. The van der Waals surface area contributed by atoms with E-state index in [4.69, 9.17) is 0 Å². The third-order valence-corrected chi connectivity index (χ3v) is 7.69. The predicted octanol–water partition coefficient (Wildman–Crippen LogP) is 3.86. The number of aromatic nitrogens is 1. The Hall–Kier alpha value is -2.29. The van der Waals surface area contributed by atoms with Crippen LogP contribution in [0.15, 0.2) is 47.4 Å². The molecule has 0 aliphatic carbocycles. The Balaban J connectivity index is 2.02. The van der Waals surface area contributed by atoms with Gasteiger partial charge in [-0.05, 0) is 56.4 Å². The van der Waals surface area contributed by atoms with Gasteiger partial charge in [0.05, 0.1) is 20.9 Å². The molecule has 0 radical (unpaired) electrons. The lowest BCUT2D eigenvalue weighted by Gasteiger charge is -2.22. The van der Waals surface area contributed by atoms with Crippen LogP contribution < -0.4 is 4.90 Å². The summed E-state index contributed by atoms with van der Waals surface area (Å²) in [6.45, 7) is 4.82. The molecule has 6 nitrogen and oxygen atoms in total. The van der Waals surface area contributed by atoms with E-state index in [-0.39, 0.29) is 16.6 Å². The van der Waals surface area contributed by atoms with Gasteiger partial charge in [0, 0.05) is 18.7 Å². The topological polar surface area (TPSA) is 70.6 Å². The largest absolute Gasteiger partial charge is 0.308 e. The molecule has 1 amide bonds. The number of thiazole rings is 1. The molecule has 8 heteroatoms. The minimum Gasteiger partial charge on any atom is -0.308 e. The first-order valence-corrected chi connectivity index (χ1v) is 12.4. The summed E-state index contributed by atoms with van der Waals surface area (Å²) < 4.78 is 25.6. The molecule has 0 saturated carbocycles. The molecule has 0 spiro atoms. The van der Waals surface area contributed by atoms with E-state index in [2.05, 4.69) is 24.0 Å². The lowest BCUT2D eigenvalue weighted by Crippen LogP contribution is -2.36. The van der Waals surface area contributed by atoms with Crippen LogP contribution in [0, 0.1) is 0 Å². The van der Waals surface area contributed by atoms with E-state index >= 15 is 0 Å². The number of likely N-dealkylation sites (N-methyl/N-ethyl adjacent to an activating group) is 1. The lowest BCUT2D eigenvalue weighted by molar-refractivity contribution is 0.0985. The molecule has 0 unspecified atom stereocenters. The smallest absolute Gasteiger partial charge is 0.260 e. The highest BCUT2D eigenvalue weighted by molar-refractivity contribution is 7.91. The van der Waals surface area contributed by atoms with E-state index in [0.29, 0.717) is 23.8 Å². The number of aryl methyl sites for hydroxylation is 1. The van der Waals surface area contributed by atoms with Gasteiger partial charge in [0.15, 0.2) is 15.0 Å². The SMILES string of the molecule is CCc1ccc2nc(N(CCN(C)C)C(=O)c3cccc(S(=O)(=O)CC)c3)sc2c1. The molecular weight excluding hydrogens is 418 g/mol. The molecule has 160 valence electrons. The highest BCUT2D eigenvalue weighted by atomic mass is 32.2. The molecule has 0 aliphatic rings. The summed E-state index contributed by atoms with van der Waals surface area (Å²) in [6, 6.07) is 12.4. The maximum absolute atomic E-state index is 13.4. The maximum Gasteiger partial charge on any atom is 0.260 e. The first-order valence-electron chi connectivity index (χ1n) is 9.94. The molecule has 0 aliphatic heterocycles. The molecule has 0 N–H and O–H groups in total. The summed E-state index contributed by atoms with van der Waals surface area (Å²) in [5, 5.41) is 0.619. The Bertz CT molecular complexity index is 1150. The Morgan fingerprint density at radius 2 is 1.83 bits per heavy atom. The van der Waals surface area contributed by atoms with Gasteiger partial charge in [-0.25, -0.2) is 13.4 Å². The normalized spacial score (nSPS) is 11.9. The van der Waals surface area contributed by atoms with Crippen molar-refractivity contribution in [2.45, 2.75) is 25.2 Å². The number of nitrogens with zero attached hydrogens (tertiary/aromatic N) is 3. The average Bonchev–Trinajstić information content (AvgIpc) is 3.16. The molecule has 0 bridgehead atoms. The monoisotopic (exact) mass is 445 g/mol. The van der Waals surface area contributed by atoms with E-state index in [1.807, 2.05) is 25.1 Å². The summed E-state index contributed by atoms with van der Waals surface area (Å²) in [6.07, 6.45) is 0.936. The lowest BCUT2D eigenvalue weighted by atomic mass is 10.2. The Labute approximate surface area is 182 Å². The van der Waals surface area contributed by atoms with Crippen LogP contribution in [0.3, 0.4) is 0 Å². The van der Waals surface area contributed by atoms with Gasteiger partial charge in [0.1, 0.15) is 0 Å². The average molecular weight is 446 g/mol. The zero-order valence-corrected chi connectivity index (χ0v) is 19.4. The molecule has 0 atom stereocenters. The molecular formula is C22H27N3O3S2.